The molecule has 1 atom stereocenters. The van der Waals surface area contributed by atoms with E-state index in [1.54, 1.807) is 18.2 Å². The quantitative estimate of drug-likeness (QED) is 0.794. The number of nitrogens with zero attached hydrogens (tertiary/aromatic N) is 1. The topological polar surface area (TPSA) is 40.9 Å². The van der Waals surface area contributed by atoms with Gasteiger partial charge in [0, 0.05) is 16.5 Å². The number of aryl methyl sites for hydroxylation is 1. The van der Waals surface area contributed by atoms with Crippen LogP contribution >= 0.6 is 23.2 Å². The molecular weight excluding hydrogens is 305 g/mol. The third-order valence-electron chi connectivity index (χ3n) is 3.23. The molecule has 0 spiro atoms. The number of Topliss-reactive ketones (excluding diaryl/α,β-unsaturated/α-hetero) is 1. The zero-order valence-corrected chi connectivity index (χ0v) is 12.7. The van der Waals surface area contributed by atoms with Crippen LogP contribution in [-0.2, 0) is 11.2 Å². The van der Waals surface area contributed by atoms with Gasteiger partial charge in [-0.1, -0.05) is 59.6 Å². The third kappa shape index (κ3) is 4.07. The SMILES string of the molecule is N#CC(C(=O)CCc1ccccc1)c1ccc(Cl)cc1Cl. The van der Waals surface area contributed by atoms with Gasteiger partial charge in [0.25, 0.3) is 0 Å². The van der Waals surface area contributed by atoms with E-state index in [9.17, 15) is 10.1 Å². The molecule has 0 aliphatic rings. The van der Waals surface area contributed by atoms with Crippen LogP contribution < -0.4 is 0 Å². The molecule has 4 heteroatoms. The molecular formula is C17H13Cl2NO. The molecule has 2 aromatic rings. The molecule has 0 N–H and O–H groups in total. The minimum absolute atomic E-state index is 0.134. The fourth-order valence-electron chi connectivity index (χ4n) is 2.11. The summed E-state index contributed by atoms with van der Waals surface area (Å²) in [6.07, 6.45) is 0.921. The standard InChI is InChI=1S/C17H13Cl2NO/c18-13-7-8-14(16(19)10-13)15(11-20)17(21)9-6-12-4-2-1-3-5-12/h1-5,7-8,10,15H,6,9H2. The zero-order chi connectivity index (χ0) is 15.2. The molecule has 21 heavy (non-hydrogen) atoms. The Bertz CT molecular complexity index is 677. The van der Waals surface area contributed by atoms with E-state index >= 15 is 0 Å². The first-order chi connectivity index (χ1) is 10.1. The normalized spacial score (nSPS) is 11.7. The van der Waals surface area contributed by atoms with E-state index in [1.807, 2.05) is 36.4 Å². The van der Waals surface area contributed by atoms with Crippen molar-refractivity contribution in [2.45, 2.75) is 18.8 Å². The molecule has 0 aliphatic carbocycles. The van der Waals surface area contributed by atoms with Crippen LogP contribution in [0.2, 0.25) is 10.0 Å². The van der Waals surface area contributed by atoms with E-state index in [0.717, 1.165) is 5.56 Å². The number of rotatable bonds is 5. The summed E-state index contributed by atoms with van der Waals surface area (Å²) in [6, 6.07) is 16.6. The maximum absolute atomic E-state index is 12.3. The monoisotopic (exact) mass is 317 g/mol. The fourth-order valence-corrected chi connectivity index (χ4v) is 2.62. The van der Waals surface area contributed by atoms with Crippen LogP contribution in [0.1, 0.15) is 23.5 Å². The number of benzene rings is 2. The summed E-state index contributed by atoms with van der Waals surface area (Å²) in [6.45, 7) is 0. The Balaban J connectivity index is 2.10. The van der Waals surface area contributed by atoms with Crippen molar-refractivity contribution in [3.63, 3.8) is 0 Å². The van der Waals surface area contributed by atoms with Gasteiger partial charge in [0.05, 0.1) is 6.07 Å². The number of nitriles is 1. The molecule has 0 fully saturated rings. The summed E-state index contributed by atoms with van der Waals surface area (Å²) >= 11 is 11.9. The molecule has 0 saturated carbocycles. The maximum atomic E-state index is 12.3. The van der Waals surface area contributed by atoms with Crippen LogP contribution in [0.15, 0.2) is 48.5 Å². The lowest BCUT2D eigenvalue weighted by Gasteiger charge is -2.11. The van der Waals surface area contributed by atoms with Crippen LogP contribution in [0.5, 0.6) is 0 Å². The van der Waals surface area contributed by atoms with E-state index < -0.39 is 5.92 Å². The molecule has 0 aliphatic heterocycles. The highest BCUT2D eigenvalue weighted by Crippen LogP contribution is 2.28. The highest BCUT2D eigenvalue weighted by atomic mass is 35.5. The third-order valence-corrected chi connectivity index (χ3v) is 3.79. The van der Waals surface area contributed by atoms with Gasteiger partial charge in [-0.25, -0.2) is 0 Å². The predicted molar refractivity (Wildman–Crippen MR) is 84.6 cm³/mol. The van der Waals surface area contributed by atoms with Gasteiger partial charge in [-0.3, -0.25) is 4.79 Å². The Kier molecular flexibility index (Phi) is 5.38. The van der Waals surface area contributed by atoms with Crippen molar-refractivity contribution in [2.24, 2.45) is 0 Å². The molecule has 2 nitrogen and oxygen atoms in total. The van der Waals surface area contributed by atoms with Gasteiger partial charge >= 0.3 is 0 Å². The summed E-state index contributed by atoms with van der Waals surface area (Å²) in [5.41, 5.74) is 1.59. The molecule has 0 radical (unpaired) electrons. The van der Waals surface area contributed by atoms with Crippen LogP contribution in [0.4, 0.5) is 0 Å². The lowest BCUT2D eigenvalue weighted by Crippen LogP contribution is -2.12. The van der Waals surface area contributed by atoms with Gasteiger partial charge in [0.15, 0.2) is 5.78 Å². The summed E-state index contributed by atoms with van der Waals surface area (Å²) in [5, 5.41) is 10.1. The fraction of sp³-hybridized carbons (Fsp3) is 0.176. The smallest absolute Gasteiger partial charge is 0.154 e. The van der Waals surface area contributed by atoms with Crippen molar-refractivity contribution < 1.29 is 4.79 Å². The van der Waals surface area contributed by atoms with Gasteiger partial charge in [-0.15, -0.1) is 0 Å². The Morgan fingerprint density at radius 2 is 1.86 bits per heavy atom. The number of carbonyl (C=O) groups is 1. The first kappa shape index (κ1) is 15.6. The number of hydrogen-bond acceptors (Lipinski definition) is 2. The summed E-state index contributed by atoms with van der Waals surface area (Å²) < 4.78 is 0. The Hall–Kier alpha value is -1.82. The van der Waals surface area contributed by atoms with Crippen LogP contribution in [0, 0.1) is 11.3 Å². The largest absolute Gasteiger partial charge is 0.298 e. The molecule has 0 bridgehead atoms. The lowest BCUT2D eigenvalue weighted by molar-refractivity contribution is -0.119. The second-order valence-electron chi connectivity index (χ2n) is 4.68. The Morgan fingerprint density at radius 1 is 1.14 bits per heavy atom. The van der Waals surface area contributed by atoms with Crippen LogP contribution in [-0.4, -0.2) is 5.78 Å². The number of ketones is 1. The van der Waals surface area contributed by atoms with Crippen molar-refractivity contribution in [2.75, 3.05) is 0 Å². The molecule has 0 aromatic heterocycles. The minimum Gasteiger partial charge on any atom is -0.298 e. The van der Waals surface area contributed by atoms with Gasteiger partial charge in [-0.2, -0.15) is 5.26 Å². The molecule has 2 rings (SSSR count). The van der Waals surface area contributed by atoms with Gasteiger partial charge in [-0.05, 0) is 29.7 Å². The zero-order valence-electron chi connectivity index (χ0n) is 11.2. The van der Waals surface area contributed by atoms with Gasteiger partial charge < -0.3 is 0 Å². The number of carbonyl (C=O) groups excluding carboxylic acids is 1. The Labute approximate surface area is 133 Å². The van der Waals surface area contributed by atoms with Crippen molar-refractivity contribution >= 4 is 29.0 Å². The number of hydrogen-bond donors (Lipinski definition) is 0. The Morgan fingerprint density at radius 3 is 2.48 bits per heavy atom. The first-order valence-corrected chi connectivity index (χ1v) is 7.28. The molecule has 1 unspecified atom stereocenters. The van der Waals surface area contributed by atoms with Gasteiger partial charge in [0.2, 0.25) is 0 Å². The van der Waals surface area contributed by atoms with Crippen LogP contribution in [0.3, 0.4) is 0 Å². The average molecular weight is 318 g/mol. The molecule has 2 aromatic carbocycles. The van der Waals surface area contributed by atoms with Crippen LogP contribution in [0.25, 0.3) is 0 Å². The van der Waals surface area contributed by atoms with E-state index in [4.69, 9.17) is 23.2 Å². The van der Waals surface area contributed by atoms with E-state index in [0.29, 0.717) is 28.5 Å². The average Bonchev–Trinajstić information content (AvgIpc) is 2.49. The maximum Gasteiger partial charge on any atom is 0.154 e. The summed E-state index contributed by atoms with van der Waals surface area (Å²) in [4.78, 5) is 12.3. The minimum atomic E-state index is -0.849. The summed E-state index contributed by atoms with van der Waals surface area (Å²) in [5.74, 6) is -0.982. The van der Waals surface area contributed by atoms with Crippen molar-refractivity contribution in [1.82, 2.24) is 0 Å². The van der Waals surface area contributed by atoms with Crippen molar-refractivity contribution in [3.05, 3.63) is 69.7 Å². The van der Waals surface area contributed by atoms with Crippen molar-refractivity contribution in [3.8, 4) is 6.07 Å². The highest BCUT2D eigenvalue weighted by Gasteiger charge is 2.22. The molecule has 106 valence electrons. The first-order valence-electron chi connectivity index (χ1n) is 6.53. The lowest BCUT2D eigenvalue weighted by atomic mass is 9.92. The molecule has 0 amide bonds. The predicted octanol–water partition coefficient (Wildman–Crippen LogP) is 4.80. The van der Waals surface area contributed by atoms with E-state index in [2.05, 4.69) is 0 Å². The highest BCUT2D eigenvalue weighted by molar-refractivity contribution is 6.35. The molecule has 0 saturated heterocycles. The van der Waals surface area contributed by atoms with Gasteiger partial charge in [0.1, 0.15) is 5.92 Å². The second-order valence-corrected chi connectivity index (χ2v) is 5.52. The van der Waals surface area contributed by atoms with E-state index in [-0.39, 0.29) is 5.78 Å². The van der Waals surface area contributed by atoms with Crippen molar-refractivity contribution in [1.29, 1.82) is 5.26 Å². The second kappa shape index (κ2) is 7.26. The van der Waals surface area contributed by atoms with E-state index in [1.165, 1.54) is 0 Å². The molecule has 0 heterocycles. The number of halogens is 2. The summed E-state index contributed by atoms with van der Waals surface area (Å²) in [7, 11) is 0.